The predicted octanol–water partition coefficient (Wildman–Crippen LogP) is 2.36. The van der Waals surface area contributed by atoms with Crippen LogP contribution in [-0.2, 0) is 10.3 Å². The Kier molecular flexibility index (Phi) is 3.76. The number of hydrogen-bond acceptors (Lipinski definition) is 3. The molecule has 0 spiro atoms. The van der Waals surface area contributed by atoms with Crippen LogP contribution in [-0.4, -0.2) is 5.91 Å². The first-order valence-corrected chi connectivity index (χ1v) is 7.91. The Morgan fingerprint density at radius 2 is 1.81 bits per heavy atom. The van der Waals surface area contributed by atoms with E-state index in [4.69, 9.17) is 5.73 Å². The van der Waals surface area contributed by atoms with Crippen LogP contribution in [0.2, 0.25) is 0 Å². The molecule has 1 saturated carbocycles. The standard InChI is InChI=1S/C17H25N3O/c1-17(2,18)12-9-7-11(8-10-12)15-13-5-3-4-6-14(13)16(21)20-19-15/h7-10,13-15,19H,3-6,18H2,1-2H3,(H,20,21). The van der Waals surface area contributed by atoms with Crippen LogP contribution in [0.1, 0.15) is 56.7 Å². The van der Waals surface area contributed by atoms with E-state index in [-0.39, 0.29) is 23.4 Å². The fraction of sp³-hybridized carbons (Fsp3) is 0.588. The number of nitrogens with one attached hydrogen (secondary N) is 2. The van der Waals surface area contributed by atoms with E-state index >= 15 is 0 Å². The van der Waals surface area contributed by atoms with Crippen molar-refractivity contribution >= 4 is 5.91 Å². The second kappa shape index (κ2) is 5.43. The summed E-state index contributed by atoms with van der Waals surface area (Å²) in [6, 6.07) is 8.70. The number of rotatable bonds is 2. The largest absolute Gasteiger partial charge is 0.322 e. The molecular formula is C17H25N3O. The number of hydrazine groups is 1. The molecule has 4 nitrogen and oxygen atoms in total. The Bertz CT molecular complexity index is 518. The summed E-state index contributed by atoms with van der Waals surface area (Å²) in [4.78, 5) is 12.0. The molecule has 2 aliphatic rings. The maximum atomic E-state index is 12.0. The van der Waals surface area contributed by atoms with Gasteiger partial charge in [0.25, 0.3) is 0 Å². The summed E-state index contributed by atoms with van der Waals surface area (Å²) in [5.74, 6) is 0.732. The molecule has 3 unspecified atom stereocenters. The molecule has 0 radical (unpaired) electrons. The van der Waals surface area contributed by atoms with Gasteiger partial charge in [0, 0.05) is 11.5 Å². The average molecular weight is 287 g/mol. The summed E-state index contributed by atoms with van der Waals surface area (Å²) in [7, 11) is 0. The molecule has 21 heavy (non-hydrogen) atoms. The van der Waals surface area contributed by atoms with E-state index in [0.29, 0.717) is 5.92 Å². The predicted molar refractivity (Wildman–Crippen MR) is 83.1 cm³/mol. The lowest BCUT2D eigenvalue weighted by Crippen LogP contribution is -2.55. The highest BCUT2D eigenvalue weighted by molar-refractivity contribution is 5.79. The fourth-order valence-corrected chi connectivity index (χ4v) is 3.68. The highest BCUT2D eigenvalue weighted by Crippen LogP contribution is 2.40. The summed E-state index contributed by atoms with van der Waals surface area (Å²) >= 11 is 0. The molecule has 0 aromatic heterocycles. The molecule has 2 fully saturated rings. The van der Waals surface area contributed by atoms with Gasteiger partial charge in [-0.1, -0.05) is 37.1 Å². The number of nitrogens with two attached hydrogens (primary N) is 1. The summed E-state index contributed by atoms with van der Waals surface area (Å²) < 4.78 is 0. The van der Waals surface area contributed by atoms with Crippen molar-refractivity contribution in [3.05, 3.63) is 35.4 Å². The number of amides is 1. The van der Waals surface area contributed by atoms with Crippen LogP contribution in [0.5, 0.6) is 0 Å². The third-order valence-corrected chi connectivity index (χ3v) is 4.95. The first-order valence-electron chi connectivity index (χ1n) is 7.91. The van der Waals surface area contributed by atoms with Gasteiger partial charge in [0.1, 0.15) is 0 Å². The van der Waals surface area contributed by atoms with Gasteiger partial charge in [0.2, 0.25) is 5.91 Å². The third kappa shape index (κ3) is 2.83. The zero-order chi connectivity index (χ0) is 15.0. The molecule has 114 valence electrons. The van der Waals surface area contributed by atoms with Crippen LogP contribution in [0, 0.1) is 11.8 Å². The van der Waals surface area contributed by atoms with Crippen molar-refractivity contribution in [2.45, 2.75) is 51.1 Å². The molecule has 1 aromatic carbocycles. The maximum absolute atomic E-state index is 12.0. The van der Waals surface area contributed by atoms with Crippen molar-refractivity contribution in [3.8, 4) is 0 Å². The molecule has 1 aromatic rings. The van der Waals surface area contributed by atoms with E-state index in [1.54, 1.807) is 0 Å². The normalized spacial score (nSPS) is 29.7. The zero-order valence-corrected chi connectivity index (χ0v) is 12.9. The molecule has 4 heteroatoms. The Hall–Kier alpha value is -1.39. The molecule has 1 saturated heterocycles. The van der Waals surface area contributed by atoms with E-state index < -0.39 is 0 Å². The maximum Gasteiger partial charge on any atom is 0.237 e. The Morgan fingerprint density at radius 3 is 2.48 bits per heavy atom. The number of carbonyl (C=O) groups is 1. The van der Waals surface area contributed by atoms with Crippen LogP contribution in [0.25, 0.3) is 0 Å². The lowest BCUT2D eigenvalue weighted by atomic mass is 9.72. The third-order valence-electron chi connectivity index (χ3n) is 4.95. The first kappa shape index (κ1) is 14.5. The van der Waals surface area contributed by atoms with Crippen molar-refractivity contribution in [1.29, 1.82) is 0 Å². The topological polar surface area (TPSA) is 67.2 Å². The lowest BCUT2D eigenvalue weighted by molar-refractivity contribution is -0.133. The van der Waals surface area contributed by atoms with E-state index in [2.05, 4.69) is 35.1 Å². The van der Waals surface area contributed by atoms with Crippen LogP contribution < -0.4 is 16.6 Å². The Labute approximate surface area is 126 Å². The molecule has 1 aliphatic heterocycles. The summed E-state index contributed by atoms with van der Waals surface area (Å²) in [6.07, 6.45) is 4.53. The van der Waals surface area contributed by atoms with Gasteiger partial charge in [0.05, 0.1) is 6.04 Å². The van der Waals surface area contributed by atoms with Gasteiger partial charge in [-0.3, -0.25) is 10.2 Å². The highest BCUT2D eigenvalue weighted by Gasteiger charge is 2.40. The van der Waals surface area contributed by atoms with Crippen LogP contribution in [0.15, 0.2) is 24.3 Å². The number of carbonyl (C=O) groups excluding carboxylic acids is 1. The van der Waals surface area contributed by atoms with E-state index in [0.717, 1.165) is 18.4 Å². The van der Waals surface area contributed by atoms with E-state index in [9.17, 15) is 4.79 Å². The van der Waals surface area contributed by atoms with Crippen molar-refractivity contribution in [2.24, 2.45) is 17.6 Å². The van der Waals surface area contributed by atoms with Gasteiger partial charge in [0.15, 0.2) is 0 Å². The SMILES string of the molecule is CC(C)(N)c1ccc(C2NNC(=O)C3CCCCC32)cc1. The molecule has 1 amide bonds. The zero-order valence-electron chi connectivity index (χ0n) is 12.9. The second-order valence-electron chi connectivity index (χ2n) is 7.01. The van der Waals surface area contributed by atoms with E-state index in [1.807, 2.05) is 13.8 Å². The first-order chi connectivity index (χ1) is 9.97. The number of hydrogen-bond donors (Lipinski definition) is 3. The van der Waals surface area contributed by atoms with Gasteiger partial charge < -0.3 is 5.73 Å². The molecule has 3 rings (SSSR count). The average Bonchev–Trinajstić information content (AvgIpc) is 2.47. The van der Waals surface area contributed by atoms with Gasteiger partial charge in [-0.15, -0.1) is 0 Å². The van der Waals surface area contributed by atoms with Crippen LogP contribution in [0.3, 0.4) is 0 Å². The number of fused-ring (bicyclic) bond motifs is 1. The number of benzene rings is 1. The Morgan fingerprint density at radius 1 is 1.14 bits per heavy atom. The van der Waals surface area contributed by atoms with Crippen molar-refractivity contribution in [2.75, 3.05) is 0 Å². The quantitative estimate of drug-likeness (QED) is 0.782. The minimum atomic E-state index is -0.319. The monoisotopic (exact) mass is 287 g/mol. The summed E-state index contributed by atoms with van der Waals surface area (Å²) in [5.41, 5.74) is 14.3. The molecule has 1 heterocycles. The van der Waals surface area contributed by atoms with Gasteiger partial charge in [-0.05, 0) is 43.7 Å². The molecule has 3 atom stereocenters. The van der Waals surface area contributed by atoms with Crippen LogP contribution in [0.4, 0.5) is 0 Å². The minimum Gasteiger partial charge on any atom is -0.322 e. The van der Waals surface area contributed by atoms with Gasteiger partial charge in [-0.2, -0.15) is 0 Å². The molecule has 4 N–H and O–H groups in total. The minimum absolute atomic E-state index is 0.163. The highest BCUT2D eigenvalue weighted by atomic mass is 16.2. The summed E-state index contributed by atoms with van der Waals surface area (Å²) in [5, 5.41) is 0. The smallest absolute Gasteiger partial charge is 0.237 e. The molecule has 0 bridgehead atoms. The van der Waals surface area contributed by atoms with Crippen LogP contribution >= 0.6 is 0 Å². The molecular weight excluding hydrogens is 262 g/mol. The van der Waals surface area contributed by atoms with Gasteiger partial charge in [-0.25, -0.2) is 5.43 Å². The Balaban J connectivity index is 1.84. The van der Waals surface area contributed by atoms with E-state index in [1.165, 1.54) is 18.4 Å². The summed E-state index contributed by atoms with van der Waals surface area (Å²) in [6.45, 7) is 4.02. The second-order valence-corrected chi connectivity index (χ2v) is 7.01. The fourth-order valence-electron chi connectivity index (χ4n) is 3.68. The van der Waals surface area contributed by atoms with Crippen molar-refractivity contribution < 1.29 is 4.79 Å². The lowest BCUT2D eigenvalue weighted by Gasteiger charge is -2.41. The van der Waals surface area contributed by atoms with Gasteiger partial charge >= 0.3 is 0 Å². The van der Waals surface area contributed by atoms with Crippen molar-refractivity contribution in [1.82, 2.24) is 10.9 Å². The van der Waals surface area contributed by atoms with Crippen molar-refractivity contribution in [3.63, 3.8) is 0 Å². The molecule has 1 aliphatic carbocycles.